The average molecular weight is 425 g/mol. The Kier molecular flexibility index (Phi) is 5.66. The Morgan fingerprint density at radius 2 is 1.83 bits per heavy atom. The number of benzene rings is 2. The number of hydrogen-bond donors (Lipinski definition) is 3. The van der Waals surface area contributed by atoms with Crippen molar-refractivity contribution in [1.82, 2.24) is 5.32 Å². The molecule has 0 saturated heterocycles. The van der Waals surface area contributed by atoms with Crippen LogP contribution in [0.15, 0.2) is 70.4 Å². The Morgan fingerprint density at radius 3 is 2.53 bits per heavy atom. The van der Waals surface area contributed by atoms with E-state index in [1.807, 2.05) is 24.3 Å². The first kappa shape index (κ1) is 20.6. The summed E-state index contributed by atoms with van der Waals surface area (Å²) in [5.41, 5.74) is 8.81. The molecule has 1 heterocycles. The molecular weight excluding hydrogens is 396 g/mol. The molecule has 7 heteroatoms. The highest BCUT2D eigenvalue weighted by Crippen LogP contribution is 2.38. The van der Waals surface area contributed by atoms with Crippen LogP contribution in [0.2, 0.25) is 0 Å². The Balaban J connectivity index is 1.58. The molecule has 158 valence electrons. The SMILES string of the molecule is C=CS(=O)(=O)c1ccc(NC2=Nc3ccccc3C(N)(CC3CCCCC3)N2)cc1. The lowest BCUT2D eigenvalue weighted by atomic mass is 9.80. The first-order chi connectivity index (χ1) is 14.4. The normalized spacial score (nSPS) is 21.8. The summed E-state index contributed by atoms with van der Waals surface area (Å²) in [5, 5.41) is 7.62. The summed E-state index contributed by atoms with van der Waals surface area (Å²) in [6.45, 7) is 3.36. The lowest BCUT2D eigenvalue weighted by Crippen LogP contribution is -2.57. The minimum Gasteiger partial charge on any atom is -0.334 e. The van der Waals surface area contributed by atoms with E-state index in [-0.39, 0.29) is 4.90 Å². The van der Waals surface area contributed by atoms with Gasteiger partial charge >= 0.3 is 0 Å². The van der Waals surface area contributed by atoms with Crippen LogP contribution in [0.3, 0.4) is 0 Å². The van der Waals surface area contributed by atoms with Crippen molar-refractivity contribution in [3.63, 3.8) is 0 Å². The molecule has 6 nitrogen and oxygen atoms in total. The van der Waals surface area contributed by atoms with E-state index in [0.29, 0.717) is 11.9 Å². The maximum Gasteiger partial charge on any atom is 0.202 e. The standard InChI is InChI=1S/C23H28N4O2S/c1-2-30(28,29)19-14-12-18(13-15-19)25-22-26-21-11-7-6-10-20(21)23(24,27-22)16-17-8-4-3-5-9-17/h2,6-7,10-15,17H,1,3-5,8-9,16,24H2,(H2,25,26,27). The molecule has 1 saturated carbocycles. The van der Waals surface area contributed by atoms with Crippen molar-refractivity contribution in [3.8, 4) is 0 Å². The van der Waals surface area contributed by atoms with E-state index in [1.165, 1.54) is 32.1 Å². The molecule has 1 aliphatic carbocycles. The van der Waals surface area contributed by atoms with E-state index in [9.17, 15) is 8.42 Å². The van der Waals surface area contributed by atoms with E-state index >= 15 is 0 Å². The third-order valence-corrected chi connectivity index (χ3v) is 7.33. The molecule has 1 atom stereocenters. The van der Waals surface area contributed by atoms with Gasteiger partial charge in [-0.1, -0.05) is 56.9 Å². The Morgan fingerprint density at radius 1 is 1.13 bits per heavy atom. The highest BCUT2D eigenvalue weighted by molar-refractivity contribution is 7.94. The molecule has 2 aromatic carbocycles. The first-order valence-electron chi connectivity index (χ1n) is 10.4. The smallest absolute Gasteiger partial charge is 0.202 e. The number of para-hydroxylation sites is 1. The topological polar surface area (TPSA) is 96.6 Å². The highest BCUT2D eigenvalue weighted by Gasteiger charge is 2.36. The third-order valence-electron chi connectivity index (χ3n) is 5.96. The maximum absolute atomic E-state index is 11.9. The number of guanidine groups is 1. The fourth-order valence-corrected chi connectivity index (χ4v) is 5.11. The predicted octanol–water partition coefficient (Wildman–Crippen LogP) is 4.39. The second kappa shape index (κ2) is 8.24. The van der Waals surface area contributed by atoms with Gasteiger partial charge in [0.25, 0.3) is 0 Å². The second-order valence-corrected chi connectivity index (χ2v) is 10.0. The molecule has 1 fully saturated rings. The summed E-state index contributed by atoms with van der Waals surface area (Å²) in [7, 11) is -3.45. The predicted molar refractivity (Wildman–Crippen MR) is 121 cm³/mol. The number of nitrogens with zero attached hydrogens (tertiary/aromatic N) is 1. The molecule has 1 unspecified atom stereocenters. The van der Waals surface area contributed by atoms with Crippen LogP contribution in [0.5, 0.6) is 0 Å². The van der Waals surface area contributed by atoms with Crippen molar-refractivity contribution in [2.45, 2.75) is 49.1 Å². The van der Waals surface area contributed by atoms with Gasteiger partial charge in [0.05, 0.1) is 10.6 Å². The molecule has 0 amide bonds. The van der Waals surface area contributed by atoms with E-state index < -0.39 is 15.5 Å². The van der Waals surface area contributed by atoms with Crippen LogP contribution in [0.1, 0.15) is 44.1 Å². The summed E-state index contributed by atoms with van der Waals surface area (Å²) in [5.74, 6) is 1.15. The van der Waals surface area contributed by atoms with E-state index in [0.717, 1.165) is 28.8 Å². The summed E-state index contributed by atoms with van der Waals surface area (Å²) in [4.78, 5) is 4.90. The minimum atomic E-state index is -3.45. The third kappa shape index (κ3) is 4.27. The van der Waals surface area contributed by atoms with Gasteiger partial charge in [-0.15, -0.1) is 0 Å². The zero-order valence-electron chi connectivity index (χ0n) is 17.0. The van der Waals surface area contributed by atoms with E-state index in [1.54, 1.807) is 24.3 Å². The van der Waals surface area contributed by atoms with Crippen LogP contribution in [0.4, 0.5) is 11.4 Å². The van der Waals surface area contributed by atoms with Crippen LogP contribution in [0, 0.1) is 5.92 Å². The second-order valence-electron chi connectivity index (χ2n) is 8.14. The maximum atomic E-state index is 11.9. The summed E-state index contributed by atoms with van der Waals surface area (Å²) >= 11 is 0. The number of anilines is 1. The first-order valence-corrected chi connectivity index (χ1v) is 11.9. The zero-order valence-corrected chi connectivity index (χ0v) is 17.8. The monoisotopic (exact) mass is 424 g/mol. The fraction of sp³-hybridized carbons (Fsp3) is 0.348. The quantitative estimate of drug-likeness (QED) is 0.661. The van der Waals surface area contributed by atoms with Gasteiger partial charge in [-0.25, -0.2) is 13.4 Å². The van der Waals surface area contributed by atoms with Crippen LogP contribution in [0.25, 0.3) is 0 Å². The molecule has 0 spiro atoms. The molecular formula is C23H28N4O2S. The van der Waals surface area contributed by atoms with Gasteiger partial charge in [-0.3, -0.25) is 0 Å². The van der Waals surface area contributed by atoms with Gasteiger partial charge in [0.15, 0.2) is 9.84 Å². The lowest BCUT2D eigenvalue weighted by Gasteiger charge is -2.39. The molecule has 0 radical (unpaired) electrons. The Bertz CT molecular complexity index is 1060. The summed E-state index contributed by atoms with van der Waals surface area (Å²) in [6, 6.07) is 14.5. The van der Waals surface area contributed by atoms with Gasteiger partial charge < -0.3 is 16.4 Å². The van der Waals surface area contributed by atoms with E-state index in [2.05, 4.69) is 17.2 Å². The number of sulfone groups is 1. The average Bonchev–Trinajstić information content (AvgIpc) is 2.75. The molecule has 4 rings (SSSR count). The summed E-state index contributed by atoms with van der Waals surface area (Å²) in [6.07, 6.45) is 7.11. The molecule has 2 aliphatic rings. The molecule has 2 aromatic rings. The molecule has 4 N–H and O–H groups in total. The number of fused-ring (bicyclic) bond motifs is 1. The summed E-state index contributed by atoms with van der Waals surface area (Å²) < 4.78 is 23.8. The number of hydrogen-bond acceptors (Lipinski definition) is 6. The van der Waals surface area contributed by atoms with Crippen molar-refractivity contribution in [1.29, 1.82) is 0 Å². The van der Waals surface area contributed by atoms with Crippen molar-refractivity contribution in [3.05, 3.63) is 66.1 Å². The van der Waals surface area contributed by atoms with Gasteiger partial charge in [0.2, 0.25) is 5.96 Å². The van der Waals surface area contributed by atoms with Gasteiger partial charge in [0, 0.05) is 16.7 Å². The van der Waals surface area contributed by atoms with Crippen LogP contribution < -0.4 is 16.4 Å². The zero-order chi connectivity index (χ0) is 21.2. The fourth-order valence-electron chi connectivity index (χ4n) is 4.40. The van der Waals surface area contributed by atoms with Gasteiger partial charge in [0.1, 0.15) is 5.66 Å². The molecule has 1 aliphatic heterocycles. The van der Waals surface area contributed by atoms with Crippen LogP contribution >= 0.6 is 0 Å². The number of aliphatic imine (C=N–C) groups is 1. The molecule has 30 heavy (non-hydrogen) atoms. The minimum absolute atomic E-state index is 0.206. The molecule has 0 aromatic heterocycles. The Labute approximate surface area is 178 Å². The van der Waals surface area contributed by atoms with Crippen molar-refractivity contribution in [2.75, 3.05) is 5.32 Å². The molecule has 0 bridgehead atoms. The van der Waals surface area contributed by atoms with Crippen molar-refractivity contribution in [2.24, 2.45) is 16.6 Å². The van der Waals surface area contributed by atoms with Crippen molar-refractivity contribution >= 4 is 27.2 Å². The largest absolute Gasteiger partial charge is 0.334 e. The van der Waals surface area contributed by atoms with E-state index in [4.69, 9.17) is 10.7 Å². The highest BCUT2D eigenvalue weighted by atomic mass is 32.2. The number of nitrogens with one attached hydrogen (secondary N) is 2. The lowest BCUT2D eigenvalue weighted by molar-refractivity contribution is 0.244. The number of nitrogens with two attached hydrogens (primary N) is 1. The van der Waals surface area contributed by atoms with Crippen LogP contribution in [-0.4, -0.2) is 14.4 Å². The van der Waals surface area contributed by atoms with Crippen LogP contribution in [-0.2, 0) is 15.5 Å². The van der Waals surface area contributed by atoms with Gasteiger partial charge in [-0.05, 0) is 42.7 Å². The van der Waals surface area contributed by atoms with Crippen molar-refractivity contribution < 1.29 is 8.42 Å². The van der Waals surface area contributed by atoms with Gasteiger partial charge in [-0.2, -0.15) is 0 Å². The number of rotatable bonds is 5. The Hall–Kier alpha value is -2.64.